The van der Waals surface area contributed by atoms with Crippen molar-refractivity contribution in [2.45, 2.75) is 19.8 Å². The molecule has 0 radical (unpaired) electrons. The number of hydrazine groups is 1. The lowest BCUT2D eigenvalue weighted by Crippen LogP contribution is -2.23. The molecule has 1 aromatic heterocycles. The van der Waals surface area contributed by atoms with Crippen LogP contribution in [0, 0.1) is 6.92 Å². The zero-order valence-corrected chi connectivity index (χ0v) is 12.0. The van der Waals surface area contributed by atoms with Crippen LogP contribution in [-0.4, -0.2) is 28.0 Å². The molecule has 1 aliphatic rings. The number of nitrogens with zero attached hydrogens (tertiary/aromatic N) is 4. The first kappa shape index (κ1) is 13.6. The summed E-state index contributed by atoms with van der Waals surface area (Å²) in [6.07, 6.45) is 2.33. The Morgan fingerprint density at radius 2 is 1.86 bits per heavy atom. The molecule has 0 amide bonds. The Morgan fingerprint density at radius 1 is 1.10 bits per heavy atom. The summed E-state index contributed by atoms with van der Waals surface area (Å²) < 4.78 is 0. The first-order chi connectivity index (χ1) is 10.2. The molecule has 7 heteroatoms. The zero-order chi connectivity index (χ0) is 14.7. The van der Waals surface area contributed by atoms with Gasteiger partial charge < -0.3 is 10.2 Å². The minimum absolute atomic E-state index is 0.363. The molecule has 4 N–H and O–H groups in total. The third kappa shape index (κ3) is 3.19. The second kappa shape index (κ2) is 5.92. The number of anilines is 4. The lowest BCUT2D eigenvalue weighted by molar-refractivity contribution is 0.882. The van der Waals surface area contributed by atoms with Gasteiger partial charge in [0.05, 0.1) is 0 Å². The third-order valence-corrected chi connectivity index (χ3v) is 3.42. The van der Waals surface area contributed by atoms with Gasteiger partial charge in [0, 0.05) is 18.8 Å². The molecule has 0 aliphatic carbocycles. The molecule has 0 saturated carbocycles. The van der Waals surface area contributed by atoms with E-state index in [1.165, 1.54) is 5.56 Å². The maximum absolute atomic E-state index is 5.45. The molecule has 0 spiro atoms. The number of nitrogen functional groups attached to an aromatic ring is 1. The number of hydrogen-bond donors (Lipinski definition) is 3. The maximum atomic E-state index is 5.45. The average molecular weight is 285 g/mol. The van der Waals surface area contributed by atoms with E-state index in [0.717, 1.165) is 31.6 Å². The van der Waals surface area contributed by atoms with Gasteiger partial charge in [0.2, 0.25) is 17.8 Å². The van der Waals surface area contributed by atoms with Crippen molar-refractivity contribution < 1.29 is 0 Å². The van der Waals surface area contributed by atoms with Crippen molar-refractivity contribution in [3.8, 4) is 0 Å². The lowest BCUT2D eigenvalue weighted by atomic mass is 10.2. The molecule has 3 rings (SSSR count). The van der Waals surface area contributed by atoms with E-state index in [2.05, 4.69) is 30.6 Å². The van der Waals surface area contributed by atoms with E-state index < -0.39 is 0 Å². The van der Waals surface area contributed by atoms with Crippen LogP contribution in [0.4, 0.5) is 23.5 Å². The van der Waals surface area contributed by atoms with E-state index in [1.807, 2.05) is 31.2 Å². The number of aryl methyl sites for hydroxylation is 1. The number of aromatic nitrogens is 3. The van der Waals surface area contributed by atoms with Crippen LogP contribution < -0.4 is 21.5 Å². The Kier molecular flexibility index (Phi) is 3.83. The summed E-state index contributed by atoms with van der Waals surface area (Å²) in [5.74, 6) is 6.97. The molecule has 0 bridgehead atoms. The SMILES string of the molecule is Cc1cccc(Nc2nc(NN)nc(N3CCCC3)n2)c1. The van der Waals surface area contributed by atoms with Crippen LogP contribution in [0.15, 0.2) is 24.3 Å². The van der Waals surface area contributed by atoms with Crippen molar-refractivity contribution in [3.05, 3.63) is 29.8 Å². The molecule has 0 unspecified atom stereocenters. The summed E-state index contributed by atoms with van der Waals surface area (Å²) >= 11 is 0. The van der Waals surface area contributed by atoms with Crippen LogP contribution >= 0.6 is 0 Å². The van der Waals surface area contributed by atoms with Crippen molar-refractivity contribution in [2.75, 3.05) is 28.7 Å². The molecule has 1 aromatic carbocycles. The second-order valence-electron chi connectivity index (χ2n) is 5.12. The predicted octanol–water partition coefficient (Wildman–Crippen LogP) is 1.81. The fourth-order valence-electron chi connectivity index (χ4n) is 2.40. The molecule has 7 nitrogen and oxygen atoms in total. The molecule has 2 heterocycles. The van der Waals surface area contributed by atoms with Crippen LogP contribution in [0.5, 0.6) is 0 Å². The van der Waals surface area contributed by atoms with Gasteiger partial charge in [-0.1, -0.05) is 12.1 Å². The predicted molar refractivity (Wildman–Crippen MR) is 83.5 cm³/mol. The normalized spacial score (nSPS) is 14.3. The fourth-order valence-corrected chi connectivity index (χ4v) is 2.40. The topological polar surface area (TPSA) is 92.0 Å². The van der Waals surface area contributed by atoms with Gasteiger partial charge in [-0.25, -0.2) is 5.84 Å². The van der Waals surface area contributed by atoms with E-state index >= 15 is 0 Å². The fraction of sp³-hybridized carbons (Fsp3) is 0.357. The minimum atomic E-state index is 0.363. The summed E-state index contributed by atoms with van der Waals surface area (Å²) in [6.45, 7) is 3.98. The van der Waals surface area contributed by atoms with E-state index in [4.69, 9.17) is 5.84 Å². The van der Waals surface area contributed by atoms with Crippen LogP contribution in [0.3, 0.4) is 0 Å². The quantitative estimate of drug-likeness (QED) is 0.582. The molecule has 0 atom stereocenters. The molecule has 1 fully saturated rings. The Labute approximate surface area is 123 Å². The number of rotatable bonds is 4. The van der Waals surface area contributed by atoms with Crippen molar-refractivity contribution >= 4 is 23.5 Å². The number of benzene rings is 1. The Hall–Kier alpha value is -2.41. The lowest BCUT2D eigenvalue weighted by Gasteiger charge is -2.16. The first-order valence-corrected chi connectivity index (χ1v) is 7.06. The summed E-state index contributed by atoms with van der Waals surface area (Å²) in [5, 5.41) is 3.20. The van der Waals surface area contributed by atoms with Gasteiger partial charge in [0.15, 0.2) is 0 Å². The Bertz CT molecular complexity index is 622. The largest absolute Gasteiger partial charge is 0.341 e. The van der Waals surface area contributed by atoms with Crippen molar-refractivity contribution in [3.63, 3.8) is 0 Å². The van der Waals surface area contributed by atoms with Crippen LogP contribution in [-0.2, 0) is 0 Å². The second-order valence-corrected chi connectivity index (χ2v) is 5.12. The maximum Gasteiger partial charge on any atom is 0.243 e. The number of hydrogen-bond acceptors (Lipinski definition) is 7. The van der Waals surface area contributed by atoms with Gasteiger partial charge in [0.1, 0.15) is 0 Å². The summed E-state index contributed by atoms with van der Waals surface area (Å²) in [7, 11) is 0. The molecule has 110 valence electrons. The van der Waals surface area contributed by atoms with Gasteiger partial charge in [-0.05, 0) is 37.5 Å². The molecule has 21 heavy (non-hydrogen) atoms. The minimum Gasteiger partial charge on any atom is -0.341 e. The highest BCUT2D eigenvalue weighted by Crippen LogP contribution is 2.20. The van der Waals surface area contributed by atoms with E-state index in [-0.39, 0.29) is 0 Å². The van der Waals surface area contributed by atoms with Crippen molar-refractivity contribution in [2.24, 2.45) is 5.84 Å². The highest BCUT2D eigenvalue weighted by atomic mass is 15.4. The zero-order valence-electron chi connectivity index (χ0n) is 12.0. The highest BCUT2D eigenvalue weighted by Gasteiger charge is 2.17. The number of nitrogens with two attached hydrogens (primary N) is 1. The van der Waals surface area contributed by atoms with E-state index in [0.29, 0.717) is 17.8 Å². The molecule has 2 aromatic rings. The summed E-state index contributed by atoms with van der Waals surface area (Å²) in [6, 6.07) is 8.04. The molecule has 1 saturated heterocycles. The van der Waals surface area contributed by atoms with Gasteiger partial charge in [-0.2, -0.15) is 15.0 Å². The van der Waals surface area contributed by atoms with Gasteiger partial charge >= 0.3 is 0 Å². The highest BCUT2D eigenvalue weighted by molar-refractivity contribution is 5.56. The summed E-state index contributed by atoms with van der Waals surface area (Å²) in [4.78, 5) is 15.2. The third-order valence-electron chi connectivity index (χ3n) is 3.42. The van der Waals surface area contributed by atoms with Crippen LogP contribution in [0.2, 0.25) is 0 Å². The number of nitrogens with one attached hydrogen (secondary N) is 2. The summed E-state index contributed by atoms with van der Waals surface area (Å²) in [5.41, 5.74) is 4.61. The van der Waals surface area contributed by atoms with Crippen molar-refractivity contribution in [1.82, 2.24) is 15.0 Å². The smallest absolute Gasteiger partial charge is 0.243 e. The van der Waals surface area contributed by atoms with Gasteiger partial charge in [0.25, 0.3) is 0 Å². The Morgan fingerprint density at radius 3 is 2.57 bits per heavy atom. The molecular formula is C14H19N7. The van der Waals surface area contributed by atoms with Crippen LogP contribution in [0.1, 0.15) is 18.4 Å². The average Bonchev–Trinajstić information content (AvgIpc) is 3.01. The van der Waals surface area contributed by atoms with Crippen LogP contribution in [0.25, 0.3) is 0 Å². The van der Waals surface area contributed by atoms with Crippen molar-refractivity contribution in [1.29, 1.82) is 0 Å². The van der Waals surface area contributed by atoms with Gasteiger partial charge in [-0.3, -0.25) is 5.43 Å². The molecule has 1 aliphatic heterocycles. The van der Waals surface area contributed by atoms with E-state index in [9.17, 15) is 0 Å². The first-order valence-electron chi connectivity index (χ1n) is 7.06. The van der Waals surface area contributed by atoms with Gasteiger partial charge in [-0.15, -0.1) is 0 Å². The monoisotopic (exact) mass is 285 g/mol. The Balaban J connectivity index is 1.88. The van der Waals surface area contributed by atoms with E-state index in [1.54, 1.807) is 0 Å². The standard InChI is InChI=1S/C14H19N7/c1-10-5-4-6-11(9-10)16-12-17-13(20-15)19-14(18-12)21-7-2-3-8-21/h4-6,9H,2-3,7-8,15H2,1H3,(H2,16,17,18,19,20). The molecular weight excluding hydrogens is 266 g/mol.